The van der Waals surface area contributed by atoms with Crippen LogP contribution in [0.1, 0.15) is 39.0 Å². The highest BCUT2D eigenvalue weighted by Gasteiger charge is 2.30. The molecule has 10 heavy (non-hydrogen) atoms. The summed E-state index contributed by atoms with van der Waals surface area (Å²) in [5.74, 6) is 0. The Morgan fingerprint density at radius 3 is 1.80 bits per heavy atom. The van der Waals surface area contributed by atoms with E-state index in [2.05, 4.69) is 20.0 Å². The van der Waals surface area contributed by atoms with Gasteiger partial charge in [0.1, 0.15) is 0 Å². The minimum Gasteiger partial charge on any atom is -0.0718 e. The number of rotatable bonds is 1. The van der Waals surface area contributed by atoms with Gasteiger partial charge in [-0.25, -0.2) is 0 Å². The molecule has 60 valence electrons. The molecule has 1 fully saturated rings. The third-order valence-electron chi connectivity index (χ3n) is 3.39. The third kappa shape index (κ3) is 1.63. The zero-order valence-electron chi connectivity index (χ0n) is 7.61. The summed E-state index contributed by atoms with van der Waals surface area (Å²) in [6.07, 6.45) is 7.55. The maximum atomic E-state index is 2.52. The van der Waals surface area contributed by atoms with Gasteiger partial charge in [0.2, 0.25) is 0 Å². The van der Waals surface area contributed by atoms with Gasteiger partial charge in [-0.15, -0.1) is 0 Å². The van der Waals surface area contributed by atoms with Gasteiger partial charge in [0.25, 0.3) is 0 Å². The smallest absolute Gasteiger partial charge is 0.0368 e. The van der Waals surface area contributed by atoms with Crippen LogP contribution >= 0.6 is 0 Å². The molecule has 0 bridgehead atoms. The molecule has 1 aliphatic carbocycles. The summed E-state index contributed by atoms with van der Waals surface area (Å²) >= 11 is 0. The molecule has 0 radical (unpaired) electrons. The van der Waals surface area contributed by atoms with Gasteiger partial charge in [-0.3, -0.25) is 0 Å². The van der Waals surface area contributed by atoms with Crippen molar-refractivity contribution in [2.24, 2.45) is 0 Å². The van der Waals surface area contributed by atoms with Crippen molar-refractivity contribution in [3.05, 3.63) is 0 Å². The largest absolute Gasteiger partial charge is 0.0718 e. The lowest BCUT2D eigenvalue weighted by atomic mass is 9.90. The summed E-state index contributed by atoms with van der Waals surface area (Å²) in [4.78, 5) is 0. The molecule has 0 aliphatic heterocycles. The second-order valence-corrected chi connectivity index (χ2v) is 8.07. The highest BCUT2D eigenvalue weighted by atomic mass is 28.3. The lowest BCUT2D eigenvalue weighted by molar-refractivity contribution is 0.395. The van der Waals surface area contributed by atoms with Crippen LogP contribution in [0.2, 0.25) is 18.1 Å². The molecule has 1 heteroatoms. The van der Waals surface area contributed by atoms with Gasteiger partial charge in [0.15, 0.2) is 0 Å². The van der Waals surface area contributed by atoms with Crippen molar-refractivity contribution in [3.63, 3.8) is 0 Å². The van der Waals surface area contributed by atoms with Crippen molar-refractivity contribution in [3.8, 4) is 0 Å². The molecule has 0 amide bonds. The van der Waals surface area contributed by atoms with Crippen molar-refractivity contribution in [2.45, 2.75) is 57.2 Å². The highest BCUT2D eigenvalue weighted by molar-refractivity contribution is 6.59. The molecule has 0 saturated heterocycles. The average Bonchev–Trinajstić information content (AvgIpc) is 1.89. The Hall–Kier alpha value is 0.217. The molecule has 0 aromatic carbocycles. The Morgan fingerprint density at radius 1 is 1.00 bits per heavy atom. The molecule has 0 unspecified atom stereocenters. The lowest BCUT2D eigenvalue weighted by Gasteiger charge is -2.36. The first-order valence-corrected chi connectivity index (χ1v) is 7.54. The first-order chi connectivity index (χ1) is 4.65. The van der Waals surface area contributed by atoms with Gasteiger partial charge >= 0.3 is 0 Å². The normalized spacial score (nSPS) is 25.2. The Morgan fingerprint density at radius 2 is 1.50 bits per heavy atom. The summed E-state index contributed by atoms with van der Waals surface area (Å²) in [5.41, 5.74) is 0. The van der Waals surface area contributed by atoms with Crippen molar-refractivity contribution >= 4 is 8.80 Å². The van der Waals surface area contributed by atoms with Gasteiger partial charge in [0.05, 0.1) is 0 Å². The van der Waals surface area contributed by atoms with Crippen LogP contribution in [-0.4, -0.2) is 8.80 Å². The minimum absolute atomic E-state index is 0.367. The van der Waals surface area contributed by atoms with Crippen molar-refractivity contribution in [1.29, 1.82) is 0 Å². The topological polar surface area (TPSA) is 0 Å². The fourth-order valence-corrected chi connectivity index (χ4v) is 3.50. The predicted molar refractivity (Wildman–Crippen MR) is 50.3 cm³/mol. The predicted octanol–water partition coefficient (Wildman–Crippen LogP) is 3.20. The van der Waals surface area contributed by atoms with Crippen LogP contribution in [0, 0.1) is 0 Å². The Balaban J connectivity index is 2.48. The summed E-state index contributed by atoms with van der Waals surface area (Å²) in [5, 5.41) is 0.818. The van der Waals surface area contributed by atoms with E-state index in [1.54, 1.807) is 0 Å². The summed E-state index contributed by atoms with van der Waals surface area (Å²) in [6, 6.07) is 0. The Kier molecular flexibility index (Phi) is 2.56. The van der Waals surface area contributed by atoms with E-state index in [1.165, 1.54) is 32.1 Å². The molecule has 0 spiro atoms. The summed E-state index contributed by atoms with van der Waals surface area (Å²) < 4.78 is 0. The Bertz CT molecular complexity index is 101. The van der Waals surface area contributed by atoms with E-state index in [0.29, 0.717) is 0 Å². The molecule has 0 N–H and O–H groups in total. The van der Waals surface area contributed by atoms with Crippen LogP contribution in [0.25, 0.3) is 0 Å². The van der Waals surface area contributed by atoms with Crippen LogP contribution < -0.4 is 0 Å². The van der Waals surface area contributed by atoms with Crippen molar-refractivity contribution in [2.75, 3.05) is 0 Å². The maximum Gasteiger partial charge on any atom is 0.0368 e. The lowest BCUT2D eigenvalue weighted by Crippen LogP contribution is -2.26. The van der Waals surface area contributed by atoms with Crippen LogP contribution in [0.5, 0.6) is 0 Å². The van der Waals surface area contributed by atoms with E-state index in [1.807, 2.05) is 0 Å². The molecular weight excluding hydrogens is 136 g/mol. The monoisotopic (exact) mass is 156 g/mol. The zero-order chi connectivity index (χ0) is 7.61. The number of hydrogen-bond donors (Lipinski definition) is 0. The number of hydrogen-bond acceptors (Lipinski definition) is 0. The second kappa shape index (κ2) is 3.08. The SMILES string of the molecule is C[SiH](C)C1(C)CCCCC1. The fourth-order valence-electron chi connectivity index (χ4n) is 1.94. The minimum atomic E-state index is -0.367. The van der Waals surface area contributed by atoms with Crippen LogP contribution in [0.15, 0.2) is 0 Å². The van der Waals surface area contributed by atoms with E-state index < -0.39 is 0 Å². The van der Waals surface area contributed by atoms with Crippen LogP contribution in [0.3, 0.4) is 0 Å². The van der Waals surface area contributed by atoms with Crippen molar-refractivity contribution in [1.82, 2.24) is 0 Å². The standard InChI is InChI=1S/C9H20Si/c1-9(10(2)3)7-5-4-6-8-9/h10H,4-8H2,1-3H3. The molecule has 1 aliphatic rings. The van der Waals surface area contributed by atoms with Crippen molar-refractivity contribution < 1.29 is 0 Å². The molecule has 0 aromatic rings. The van der Waals surface area contributed by atoms with E-state index in [9.17, 15) is 0 Å². The van der Waals surface area contributed by atoms with E-state index in [4.69, 9.17) is 0 Å². The van der Waals surface area contributed by atoms with Crippen LogP contribution in [0.4, 0.5) is 0 Å². The molecule has 0 nitrogen and oxygen atoms in total. The summed E-state index contributed by atoms with van der Waals surface area (Å²) in [6.45, 7) is 7.53. The molecule has 0 aromatic heterocycles. The quantitative estimate of drug-likeness (QED) is 0.511. The molecular formula is C9H20Si. The molecule has 0 heterocycles. The molecule has 1 rings (SSSR count). The van der Waals surface area contributed by atoms with Crippen LogP contribution in [-0.2, 0) is 0 Å². The van der Waals surface area contributed by atoms with E-state index in [-0.39, 0.29) is 8.80 Å². The second-order valence-electron chi connectivity index (χ2n) is 4.37. The fraction of sp³-hybridized carbons (Fsp3) is 1.00. The Labute approximate surface area is 66.6 Å². The molecule has 1 saturated carbocycles. The van der Waals surface area contributed by atoms with Gasteiger partial charge in [-0.1, -0.05) is 52.1 Å². The first kappa shape index (κ1) is 8.31. The molecule has 0 atom stereocenters. The van der Waals surface area contributed by atoms with Gasteiger partial charge in [-0.2, -0.15) is 0 Å². The summed E-state index contributed by atoms with van der Waals surface area (Å²) in [7, 11) is -0.367. The third-order valence-corrected chi connectivity index (χ3v) is 6.75. The van der Waals surface area contributed by atoms with E-state index in [0.717, 1.165) is 5.04 Å². The maximum absolute atomic E-state index is 2.52. The van der Waals surface area contributed by atoms with Gasteiger partial charge in [0, 0.05) is 8.80 Å². The highest BCUT2D eigenvalue weighted by Crippen LogP contribution is 2.44. The zero-order valence-corrected chi connectivity index (χ0v) is 8.77. The van der Waals surface area contributed by atoms with Gasteiger partial charge in [-0.05, 0) is 5.04 Å². The van der Waals surface area contributed by atoms with E-state index >= 15 is 0 Å². The van der Waals surface area contributed by atoms with Gasteiger partial charge < -0.3 is 0 Å². The first-order valence-electron chi connectivity index (χ1n) is 4.65. The average molecular weight is 156 g/mol.